The molecular weight excluding hydrogens is 333 g/mol. The molecule has 0 saturated heterocycles. The van der Waals surface area contributed by atoms with E-state index >= 15 is 0 Å². The molecule has 9 heteroatoms. The van der Waals surface area contributed by atoms with E-state index in [4.69, 9.17) is 0 Å². The number of halogens is 3. The van der Waals surface area contributed by atoms with Crippen molar-refractivity contribution in [3.63, 3.8) is 0 Å². The van der Waals surface area contributed by atoms with Gasteiger partial charge in [0.1, 0.15) is 4.90 Å². The van der Waals surface area contributed by atoms with Gasteiger partial charge in [0.25, 0.3) is 15.9 Å². The van der Waals surface area contributed by atoms with Crippen LogP contribution in [0, 0.1) is 24.4 Å². The Morgan fingerprint density at radius 1 is 1.00 bits per heavy atom. The molecule has 2 aromatic carbocycles. The number of benzene rings is 2. The zero-order valence-corrected chi connectivity index (χ0v) is 12.5. The quantitative estimate of drug-likeness (QED) is 0.658. The van der Waals surface area contributed by atoms with Crippen LogP contribution in [0.1, 0.15) is 15.9 Å². The lowest BCUT2D eigenvalue weighted by Gasteiger charge is -2.10. The first-order valence-electron chi connectivity index (χ1n) is 6.25. The minimum atomic E-state index is -4.61. The highest BCUT2D eigenvalue weighted by molar-refractivity contribution is 7.89. The molecule has 0 aliphatic heterocycles. The van der Waals surface area contributed by atoms with Crippen molar-refractivity contribution < 1.29 is 26.4 Å². The molecule has 0 unspecified atom stereocenters. The number of nitrogens with one attached hydrogen (secondary N) is 2. The summed E-state index contributed by atoms with van der Waals surface area (Å²) in [6.45, 7) is 1.64. The number of hydrazine groups is 1. The summed E-state index contributed by atoms with van der Waals surface area (Å²) in [7, 11) is -4.61. The Labute approximate surface area is 130 Å². The van der Waals surface area contributed by atoms with Gasteiger partial charge in [0.05, 0.1) is 0 Å². The predicted molar refractivity (Wildman–Crippen MR) is 75.3 cm³/mol. The van der Waals surface area contributed by atoms with Crippen LogP contribution in [0.4, 0.5) is 13.2 Å². The monoisotopic (exact) mass is 344 g/mol. The molecule has 2 aromatic rings. The van der Waals surface area contributed by atoms with E-state index in [1.807, 2.05) is 5.43 Å². The Morgan fingerprint density at radius 3 is 2.30 bits per heavy atom. The van der Waals surface area contributed by atoms with Gasteiger partial charge in [-0.2, -0.15) is 0 Å². The van der Waals surface area contributed by atoms with E-state index in [1.165, 1.54) is 6.07 Å². The Morgan fingerprint density at radius 2 is 1.65 bits per heavy atom. The molecular formula is C14H11F3N2O3S. The van der Waals surface area contributed by atoms with E-state index in [0.29, 0.717) is 17.7 Å². The van der Waals surface area contributed by atoms with E-state index in [1.54, 1.807) is 30.0 Å². The Hall–Kier alpha value is -2.39. The molecule has 0 atom stereocenters. The second-order valence-electron chi connectivity index (χ2n) is 4.55. The molecule has 0 saturated carbocycles. The van der Waals surface area contributed by atoms with Crippen molar-refractivity contribution in [1.82, 2.24) is 10.3 Å². The second-order valence-corrected chi connectivity index (χ2v) is 6.20. The van der Waals surface area contributed by atoms with Crippen LogP contribution in [0.2, 0.25) is 0 Å². The molecule has 0 aliphatic carbocycles. The molecule has 5 nitrogen and oxygen atoms in total. The number of carbonyl (C=O) groups excluding carboxylic acids is 1. The largest absolute Gasteiger partial charge is 0.273 e. The molecule has 0 radical (unpaired) electrons. The number of sulfonamides is 1. The van der Waals surface area contributed by atoms with E-state index in [-0.39, 0.29) is 5.56 Å². The number of amides is 1. The van der Waals surface area contributed by atoms with E-state index in [0.717, 1.165) is 0 Å². The van der Waals surface area contributed by atoms with Gasteiger partial charge in [0.2, 0.25) is 0 Å². The normalized spacial score (nSPS) is 11.3. The van der Waals surface area contributed by atoms with E-state index in [9.17, 15) is 26.4 Å². The molecule has 2 rings (SSSR count). The smallest absolute Gasteiger partial charge is 0.266 e. The molecule has 122 valence electrons. The molecule has 0 fully saturated rings. The van der Waals surface area contributed by atoms with Crippen LogP contribution >= 0.6 is 0 Å². The minimum Gasteiger partial charge on any atom is -0.273 e. The standard InChI is InChI=1S/C14H11F3N2O3S/c1-8-4-2-3-5-9(8)14(20)18-19-23(21,22)11-7-6-10(15)12(16)13(11)17/h2-7,19H,1H3,(H,18,20). The molecule has 0 aromatic heterocycles. The Kier molecular flexibility index (Phi) is 4.71. The van der Waals surface area contributed by atoms with Gasteiger partial charge in [-0.25, -0.2) is 21.6 Å². The molecule has 1 amide bonds. The van der Waals surface area contributed by atoms with Crippen LogP contribution in [-0.2, 0) is 10.0 Å². The van der Waals surface area contributed by atoms with Gasteiger partial charge >= 0.3 is 0 Å². The lowest BCUT2D eigenvalue weighted by atomic mass is 10.1. The maximum atomic E-state index is 13.5. The highest BCUT2D eigenvalue weighted by Crippen LogP contribution is 2.19. The third-order valence-corrected chi connectivity index (χ3v) is 4.24. The summed E-state index contributed by atoms with van der Waals surface area (Å²) >= 11 is 0. The predicted octanol–water partition coefficient (Wildman–Crippen LogP) is 2.04. The zero-order chi connectivity index (χ0) is 17.2. The van der Waals surface area contributed by atoms with Gasteiger partial charge in [0.15, 0.2) is 17.5 Å². The molecule has 0 aliphatic rings. The fraction of sp³-hybridized carbons (Fsp3) is 0.0714. The third kappa shape index (κ3) is 3.51. The van der Waals surface area contributed by atoms with E-state index < -0.39 is 38.3 Å². The first-order chi connectivity index (χ1) is 10.7. The SMILES string of the molecule is Cc1ccccc1C(=O)NNS(=O)(=O)c1ccc(F)c(F)c1F. The lowest BCUT2D eigenvalue weighted by molar-refractivity contribution is 0.0944. The number of carbonyl (C=O) groups is 1. The second kappa shape index (κ2) is 6.39. The van der Waals surface area contributed by atoms with Crippen LogP contribution in [0.3, 0.4) is 0 Å². The molecule has 2 N–H and O–H groups in total. The van der Waals surface area contributed by atoms with Crippen molar-refractivity contribution in [2.24, 2.45) is 0 Å². The van der Waals surface area contributed by atoms with Gasteiger partial charge in [-0.05, 0) is 30.7 Å². The van der Waals surface area contributed by atoms with Crippen LogP contribution < -0.4 is 10.3 Å². The van der Waals surface area contributed by atoms with Crippen LogP contribution in [0.15, 0.2) is 41.3 Å². The van der Waals surface area contributed by atoms with Gasteiger partial charge in [-0.1, -0.05) is 18.2 Å². The summed E-state index contributed by atoms with van der Waals surface area (Å²) in [6, 6.07) is 7.38. The van der Waals surface area contributed by atoms with Crippen molar-refractivity contribution in [2.45, 2.75) is 11.8 Å². The highest BCUT2D eigenvalue weighted by Gasteiger charge is 2.24. The topological polar surface area (TPSA) is 75.3 Å². The van der Waals surface area contributed by atoms with Crippen molar-refractivity contribution in [3.05, 3.63) is 65.0 Å². The summed E-state index contributed by atoms with van der Waals surface area (Å²) in [4.78, 5) is 12.4. The summed E-state index contributed by atoms with van der Waals surface area (Å²) in [5.41, 5.74) is 2.66. The number of aryl methyl sites for hydroxylation is 1. The van der Waals surface area contributed by atoms with Gasteiger partial charge in [-0.15, -0.1) is 4.83 Å². The summed E-state index contributed by atoms with van der Waals surface area (Å²) in [5, 5.41) is 0. The van der Waals surface area contributed by atoms with Crippen LogP contribution in [0.5, 0.6) is 0 Å². The molecule has 23 heavy (non-hydrogen) atoms. The third-order valence-electron chi connectivity index (χ3n) is 2.98. The van der Waals surface area contributed by atoms with Crippen LogP contribution in [0.25, 0.3) is 0 Å². The van der Waals surface area contributed by atoms with Crippen molar-refractivity contribution >= 4 is 15.9 Å². The number of hydrogen-bond donors (Lipinski definition) is 2. The fourth-order valence-corrected chi connectivity index (χ4v) is 2.69. The Bertz CT molecular complexity index is 870. The lowest BCUT2D eigenvalue weighted by Crippen LogP contribution is -2.42. The summed E-state index contributed by atoms with van der Waals surface area (Å²) < 4.78 is 63.2. The number of hydrogen-bond acceptors (Lipinski definition) is 3. The molecule has 0 bridgehead atoms. The first-order valence-corrected chi connectivity index (χ1v) is 7.73. The summed E-state index contributed by atoms with van der Waals surface area (Å²) in [6.07, 6.45) is 0. The maximum Gasteiger partial charge on any atom is 0.266 e. The summed E-state index contributed by atoms with van der Waals surface area (Å²) in [5.74, 6) is -6.10. The van der Waals surface area contributed by atoms with Crippen LogP contribution in [-0.4, -0.2) is 14.3 Å². The van der Waals surface area contributed by atoms with Crippen molar-refractivity contribution in [3.8, 4) is 0 Å². The highest BCUT2D eigenvalue weighted by atomic mass is 32.2. The van der Waals surface area contributed by atoms with E-state index in [2.05, 4.69) is 0 Å². The molecule has 0 spiro atoms. The Balaban J connectivity index is 2.22. The average molecular weight is 344 g/mol. The van der Waals surface area contributed by atoms with Gasteiger partial charge in [0, 0.05) is 5.56 Å². The molecule has 0 heterocycles. The van der Waals surface area contributed by atoms with Crippen molar-refractivity contribution in [1.29, 1.82) is 0 Å². The maximum absolute atomic E-state index is 13.5. The minimum absolute atomic E-state index is 0.195. The van der Waals surface area contributed by atoms with Gasteiger partial charge in [-0.3, -0.25) is 10.2 Å². The zero-order valence-electron chi connectivity index (χ0n) is 11.7. The first kappa shape index (κ1) is 17.0. The van der Waals surface area contributed by atoms with Gasteiger partial charge < -0.3 is 0 Å². The van der Waals surface area contributed by atoms with Crippen molar-refractivity contribution in [2.75, 3.05) is 0 Å². The fourth-order valence-electron chi connectivity index (χ4n) is 1.78. The average Bonchev–Trinajstić information content (AvgIpc) is 2.50. The number of rotatable bonds is 4.